The third kappa shape index (κ3) is 4.76. The van der Waals surface area contributed by atoms with E-state index in [-0.39, 0.29) is 24.7 Å². The van der Waals surface area contributed by atoms with Crippen molar-refractivity contribution in [1.82, 2.24) is 10.2 Å². The molecule has 0 atom stereocenters. The van der Waals surface area contributed by atoms with Crippen LogP contribution in [0.5, 0.6) is 0 Å². The van der Waals surface area contributed by atoms with E-state index in [9.17, 15) is 14.0 Å². The number of rotatable bonds is 6. The number of nitriles is 1. The number of carbonyl (C=O) groups is 2. The topological polar surface area (TPSA) is 111 Å². The maximum absolute atomic E-state index is 13.8. The molecular weight excluding hydrogens is 417 g/mol. The van der Waals surface area contributed by atoms with Gasteiger partial charge in [-0.2, -0.15) is 10.4 Å². The molecule has 2 heterocycles. The molecule has 9 heteroatoms. The number of thiophene rings is 1. The van der Waals surface area contributed by atoms with Crippen molar-refractivity contribution in [1.29, 1.82) is 5.26 Å². The summed E-state index contributed by atoms with van der Waals surface area (Å²) in [5.74, 6) is -0.635. The number of carbonyl (C=O) groups excluding carboxylic acids is 2. The van der Waals surface area contributed by atoms with Crippen LogP contribution in [0, 0.1) is 17.1 Å². The van der Waals surface area contributed by atoms with Gasteiger partial charge in [0.2, 0.25) is 11.8 Å². The molecule has 2 aromatic carbocycles. The molecule has 0 saturated heterocycles. The number of hydrogen-bond acceptors (Lipinski definition) is 5. The number of nitrogens with zero attached hydrogens (tertiary/aromatic N) is 2. The molecule has 0 aliphatic carbocycles. The molecule has 0 unspecified atom stereocenters. The minimum atomic E-state index is -0.434. The van der Waals surface area contributed by atoms with Crippen molar-refractivity contribution in [2.45, 2.75) is 12.8 Å². The van der Waals surface area contributed by atoms with Gasteiger partial charge in [-0.05, 0) is 35.9 Å². The summed E-state index contributed by atoms with van der Waals surface area (Å²) in [7, 11) is 0. The lowest BCUT2D eigenvalue weighted by atomic mass is 10.1. The molecule has 0 radical (unpaired) electrons. The number of aromatic amines is 1. The molecule has 0 aliphatic heterocycles. The van der Waals surface area contributed by atoms with Crippen LogP contribution >= 0.6 is 11.3 Å². The lowest BCUT2D eigenvalue weighted by Gasteiger charge is -2.05. The largest absolute Gasteiger partial charge is 0.326 e. The minimum absolute atomic E-state index is 0.103. The number of fused-ring (bicyclic) bond motifs is 1. The standard InChI is InChI=1S/C22H16FN5O2S/c23-18-7-2-1-5-14(18)9-19(29)26-21-17-10-16(31-22(17)28-27-21)11-20(30)25-15-6-3-4-13(8-15)12-24/h1-8,10H,9,11H2,(H,25,30)(H2,26,27,28,29). The second kappa shape index (κ2) is 8.77. The van der Waals surface area contributed by atoms with E-state index in [4.69, 9.17) is 5.26 Å². The molecule has 7 nitrogen and oxygen atoms in total. The number of benzene rings is 2. The van der Waals surface area contributed by atoms with Crippen LogP contribution in [0.2, 0.25) is 0 Å². The fraction of sp³-hybridized carbons (Fsp3) is 0.0909. The number of hydrogen-bond donors (Lipinski definition) is 3. The zero-order chi connectivity index (χ0) is 21.8. The summed E-state index contributed by atoms with van der Waals surface area (Å²) in [6, 6.07) is 16.6. The first-order valence-electron chi connectivity index (χ1n) is 9.32. The average molecular weight is 433 g/mol. The van der Waals surface area contributed by atoms with Crippen molar-refractivity contribution >= 4 is 44.9 Å². The van der Waals surface area contributed by atoms with Crippen molar-refractivity contribution in [3.8, 4) is 6.07 Å². The Morgan fingerprint density at radius 1 is 1.06 bits per heavy atom. The number of anilines is 2. The summed E-state index contributed by atoms with van der Waals surface area (Å²) in [5, 5.41) is 22.0. The van der Waals surface area contributed by atoms with E-state index in [0.717, 1.165) is 4.88 Å². The van der Waals surface area contributed by atoms with Gasteiger partial charge >= 0.3 is 0 Å². The van der Waals surface area contributed by atoms with E-state index < -0.39 is 5.82 Å². The molecule has 4 aromatic rings. The fourth-order valence-corrected chi connectivity index (χ4v) is 4.06. The highest BCUT2D eigenvalue weighted by atomic mass is 32.1. The highest BCUT2D eigenvalue weighted by Crippen LogP contribution is 2.30. The molecule has 154 valence electrons. The van der Waals surface area contributed by atoms with E-state index >= 15 is 0 Å². The molecule has 2 amide bonds. The quantitative estimate of drug-likeness (QED) is 0.427. The van der Waals surface area contributed by atoms with Gasteiger partial charge in [-0.3, -0.25) is 14.7 Å². The maximum atomic E-state index is 13.8. The Morgan fingerprint density at radius 2 is 1.87 bits per heavy atom. The number of aromatic nitrogens is 2. The zero-order valence-electron chi connectivity index (χ0n) is 16.1. The smallest absolute Gasteiger partial charge is 0.230 e. The van der Waals surface area contributed by atoms with Crippen LogP contribution in [-0.4, -0.2) is 22.0 Å². The third-order valence-corrected chi connectivity index (χ3v) is 5.51. The predicted octanol–water partition coefficient (Wildman–Crippen LogP) is 4.00. The van der Waals surface area contributed by atoms with E-state index in [1.165, 1.54) is 17.4 Å². The molecule has 3 N–H and O–H groups in total. The highest BCUT2D eigenvalue weighted by Gasteiger charge is 2.15. The van der Waals surface area contributed by atoms with Gasteiger partial charge in [0.25, 0.3) is 0 Å². The Morgan fingerprint density at radius 3 is 2.68 bits per heavy atom. The van der Waals surface area contributed by atoms with Gasteiger partial charge in [0.1, 0.15) is 16.5 Å². The second-order valence-electron chi connectivity index (χ2n) is 6.76. The Bertz CT molecular complexity index is 1320. The Labute approximate surface area is 180 Å². The molecule has 4 rings (SSSR count). The van der Waals surface area contributed by atoms with Crippen LogP contribution in [0.15, 0.2) is 54.6 Å². The van der Waals surface area contributed by atoms with Gasteiger partial charge in [-0.25, -0.2) is 4.39 Å². The van der Waals surface area contributed by atoms with Crippen molar-refractivity contribution in [2.24, 2.45) is 0 Å². The average Bonchev–Trinajstić information content (AvgIpc) is 3.31. The highest BCUT2D eigenvalue weighted by molar-refractivity contribution is 7.18. The number of amides is 2. The molecule has 0 saturated carbocycles. The van der Waals surface area contributed by atoms with Crippen LogP contribution in [0.25, 0.3) is 10.2 Å². The van der Waals surface area contributed by atoms with Gasteiger partial charge < -0.3 is 10.6 Å². The van der Waals surface area contributed by atoms with E-state index in [1.54, 1.807) is 48.5 Å². The fourth-order valence-electron chi connectivity index (χ4n) is 3.07. The van der Waals surface area contributed by atoms with Crippen LogP contribution < -0.4 is 10.6 Å². The Hall–Kier alpha value is -4.03. The number of H-pyrrole nitrogens is 1. The molecule has 2 aromatic heterocycles. The second-order valence-corrected chi connectivity index (χ2v) is 7.88. The van der Waals surface area contributed by atoms with E-state index in [0.29, 0.717) is 32.8 Å². The SMILES string of the molecule is N#Cc1cccc(NC(=O)Cc2cc3c(NC(=O)Cc4ccccc4F)[nH]nc3s2)c1. The molecule has 0 fully saturated rings. The van der Waals surface area contributed by atoms with Crippen molar-refractivity contribution in [3.63, 3.8) is 0 Å². The van der Waals surface area contributed by atoms with Gasteiger partial charge in [0.05, 0.1) is 29.9 Å². The van der Waals surface area contributed by atoms with Crippen molar-refractivity contribution in [2.75, 3.05) is 10.6 Å². The Balaban J connectivity index is 1.42. The van der Waals surface area contributed by atoms with Crippen LogP contribution in [0.4, 0.5) is 15.9 Å². The summed E-state index contributed by atoms with van der Waals surface area (Å²) in [6.45, 7) is 0. The summed E-state index contributed by atoms with van der Waals surface area (Å²) in [5.41, 5.74) is 1.31. The normalized spacial score (nSPS) is 10.6. The zero-order valence-corrected chi connectivity index (χ0v) is 16.9. The number of halogens is 1. The maximum Gasteiger partial charge on any atom is 0.230 e. The van der Waals surface area contributed by atoms with E-state index in [2.05, 4.69) is 20.8 Å². The van der Waals surface area contributed by atoms with Gasteiger partial charge in [-0.15, -0.1) is 11.3 Å². The summed E-state index contributed by atoms with van der Waals surface area (Å²) in [4.78, 5) is 26.1. The lowest BCUT2D eigenvalue weighted by Crippen LogP contribution is -2.15. The molecular formula is C22H16FN5O2S. The first-order chi connectivity index (χ1) is 15.0. The molecule has 0 spiro atoms. The van der Waals surface area contributed by atoms with Crippen LogP contribution in [0.3, 0.4) is 0 Å². The van der Waals surface area contributed by atoms with Gasteiger partial charge in [0, 0.05) is 10.6 Å². The minimum Gasteiger partial charge on any atom is -0.326 e. The van der Waals surface area contributed by atoms with Gasteiger partial charge in [0.15, 0.2) is 0 Å². The van der Waals surface area contributed by atoms with Crippen LogP contribution in [0.1, 0.15) is 16.0 Å². The van der Waals surface area contributed by atoms with Crippen molar-refractivity contribution in [3.05, 3.63) is 76.4 Å². The van der Waals surface area contributed by atoms with Crippen molar-refractivity contribution < 1.29 is 14.0 Å². The third-order valence-electron chi connectivity index (χ3n) is 4.49. The first-order valence-corrected chi connectivity index (χ1v) is 10.1. The monoisotopic (exact) mass is 433 g/mol. The van der Waals surface area contributed by atoms with Gasteiger partial charge in [-0.1, -0.05) is 24.3 Å². The van der Waals surface area contributed by atoms with E-state index in [1.807, 2.05) is 6.07 Å². The lowest BCUT2D eigenvalue weighted by molar-refractivity contribution is -0.116. The molecule has 31 heavy (non-hydrogen) atoms. The molecule has 0 aliphatic rings. The summed E-state index contributed by atoms with van der Waals surface area (Å²) in [6.07, 6.45) is 0.0226. The number of nitrogens with one attached hydrogen (secondary N) is 3. The van der Waals surface area contributed by atoms with Crippen LogP contribution in [-0.2, 0) is 22.4 Å². The Kier molecular flexibility index (Phi) is 5.73. The first kappa shape index (κ1) is 20.3. The summed E-state index contributed by atoms with van der Waals surface area (Å²) < 4.78 is 13.8. The predicted molar refractivity (Wildman–Crippen MR) is 116 cm³/mol. The summed E-state index contributed by atoms with van der Waals surface area (Å²) >= 11 is 1.33. The molecule has 0 bridgehead atoms.